The second kappa shape index (κ2) is 10.7. The second-order valence-electron chi connectivity index (χ2n) is 7.88. The highest BCUT2D eigenvalue weighted by Crippen LogP contribution is 2.40. The van der Waals surface area contributed by atoms with Crippen LogP contribution >= 0.6 is 0 Å². The number of nitro groups is 1. The summed E-state index contributed by atoms with van der Waals surface area (Å²) in [5.41, 5.74) is 7.80. The molecule has 33 heavy (non-hydrogen) atoms. The average Bonchev–Trinajstić information content (AvgIpc) is 2.82. The summed E-state index contributed by atoms with van der Waals surface area (Å²) < 4.78 is 5.55. The van der Waals surface area contributed by atoms with Crippen molar-refractivity contribution in [2.75, 3.05) is 51.6 Å². The number of piperidine rings is 1. The predicted molar refractivity (Wildman–Crippen MR) is 130 cm³/mol. The van der Waals surface area contributed by atoms with E-state index in [2.05, 4.69) is 39.3 Å². The van der Waals surface area contributed by atoms with E-state index in [-0.39, 0.29) is 16.6 Å². The van der Waals surface area contributed by atoms with Gasteiger partial charge in [-0.1, -0.05) is 0 Å². The highest BCUT2D eigenvalue weighted by molar-refractivity contribution is 6.08. The molecule has 3 N–H and O–H groups in total. The van der Waals surface area contributed by atoms with E-state index in [0.29, 0.717) is 34.4 Å². The van der Waals surface area contributed by atoms with Gasteiger partial charge >= 0.3 is 0 Å². The number of nitrogens with one attached hydrogen (secondary N) is 1. The molecule has 3 rings (SSSR count). The highest BCUT2D eigenvalue weighted by atomic mass is 16.6. The van der Waals surface area contributed by atoms with Crippen LogP contribution in [0.2, 0.25) is 0 Å². The Morgan fingerprint density at radius 2 is 2.12 bits per heavy atom. The molecule has 1 aliphatic heterocycles. The van der Waals surface area contributed by atoms with Crippen molar-refractivity contribution in [3.8, 4) is 5.75 Å². The van der Waals surface area contributed by atoms with E-state index >= 15 is 0 Å². The van der Waals surface area contributed by atoms with E-state index in [1.807, 2.05) is 4.90 Å². The summed E-state index contributed by atoms with van der Waals surface area (Å²) in [5.74, 6) is 0.715. The molecule has 0 unspecified atom stereocenters. The molecule has 1 fully saturated rings. The third kappa shape index (κ3) is 5.55. The number of nitro benzene ring substituents is 1. The maximum Gasteiger partial charge on any atom is 0.294 e. The molecule has 0 bridgehead atoms. The van der Waals surface area contributed by atoms with E-state index in [0.717, 1.165) is 25.9 Å². The van der Waals surface area contributed by atoms with Crippen LogP contribution in [0.25, 0.3) is 5.57 Å². The van der Waals surface area contributed by atoms with Gasteiger partial charge in [0.1, 0.15) is 11.4 Å². The summed E-state index contributed by atoms with van der Waals surface area (Å²) in [6.45, 7) is 1.47. The van der Waals surface area contributed by atoms with Crippen LogP contribution in [0.15, 0.2) is 35.6 Å². The summed E-state index contributed by atoms with van der Waals surface area (Å²) >= 11 is 0. The Labute approximate surface area is 193 Å². The molecule has 0 atom stereocenters. The summed E-state index contributed by atoms with van der Waals surface area (Å²) in [7, 11) is 7.28. The lowest BCUT2D eigenvalue weighted by Gasteiger charge is -2.36. The Morgan fingerprint density at radius 1 is 1.39 bits per heavy atom. The molecule has 1 aromatic heterocycles. The second-order valence-corrected chi connectivity index (χ2v) is 7.88. The molecule has 2 heterocycles. The molecule has 0 saturated carbocycles. The molecule has 1 aromatic carbocycles. The Balaban J connectivity index is 1.93. The van der Waals surface area contributed by atoms with Crippen LogP contribution in [0.5, 0.6) is 5.75 Å². The fraction of sp³-hybridized carbons (Fsp3) is 0.409. The van der Waals surface area contributed by atoms with Crippen LogP contribution in [-0.2, 0) is 0 Å². The van der Waals surface area contributed by atoms with Crippen molar-refractivity contribution >= 4 is 34.8 Å². The minimum absolute atomic E-state index is 0.00147. The normalized spacial score (nSPS) is 15.3. The summed E-state index contributed by atoms with van der Waals surface area (Å²) in [6.07, 6.45) is 6.43. The Hall–Kier alpha value is -3.73. The Bertz CT molecular complexity index is 1050. The van der Waals surface area contributed by atoms with Gasteiger partial charge in [0.25, 0.3) is 5.69 Å². The van der Waals surface area contributed by atoms with E-state index in [1.165, 1.54) is 19.4 Å². The molecule has 11 nitrogen and oxygen atoms in total. The fourth-order valence-electron chi connectivity index (χ4n) is 3.88. The third-order valence-electron chi connectivity index (χ3n) is 5.67. The molecule has 176 valence electrons. The quantitative estimate of drug-likeness (QED) is 0.350. The first kappa shape index (κ1) is 23.9. The van der Waals surface area contributed by atoms with Crippen LogP contribution in [0.3, 0.4) is 0 Å². The molecular formula is C22H30N8O3. The smallest absolute Gasteiger partial charge is 0.294 e. The lowest BCUT2D eigenvalue weighted by molar-refractivity contribution is -0.384. The van der Waals surface area contributed by atoms with Gasteiger partial charge in [0.2, 0.25) is 5.95 Å². The van der Waals surface area contributed by atoms with Crippen molar-refractivity contribution in [2.24, 2.45) is 10.7 Å². The van der Waals surface area contributed by atoms with Crippen molar-refractivity contribution in [1.29, 1.82) is 0 Å². The number of hydrogen-bond donors (Lipinski definition) is 2. The first-order chi connectivity index (χ1) is 15.9. The van der Waals surface area contributed by atoms with Gasteiger partial charge in [-0.25, -0.2) is 9.97 Å². The van der Waals surface area contributed by atoms with Gasteiger partial charge in [-0.05, 0) is 33.0 Å². The number of nitrogens with two attached hydrogens (primary N) is 1. The van der Waals surface area contributed by atoms with E-state index in [9.17, 15) is 10.1 Å². The van der Waals surface area contributed by atoms with Gasteiger partial charge < -0.3 is 25.6 Å². The van der Waals surface area contributed by atoms with E-state index in [4.69, 9.17) is 10.5 Å². The van der Waals surface area contributed by atoms with Gasteiger partial charge in [-0.2, -0.15) is 0 Å². The molecule has 11 heteroatoms. The van der Waals surface area contributed by atoms with Crippen molar-refractivity contribution in [1.82, 2.24) is 14.9 Å². The average molecular weight is 455 g/mol. The number of methoxy groups -OCH3 is 1. The first-order valence-corrected chi connectivity index (χ1v) is 10.6. The minimum Gasteiger partial charge on any atom is -0.494 e. The molecule has 1 saturated heterocycles. The molecule has 2 aromatic rings. The van der Waals surface area contributed by atoms with Crippen LogP contribution in [-0.4, -0.2) is 73.4 Å². The van der Waals surface area contributed by atoms with Gasteiger partial charge in [-0.3, -0.25) is 15.1 Å². The maximum atomic E-state index is 11.9. The van der Waals surface area contributed by atoms with Crippen LogP contribution in [0.4, 0.5) is 23.0 Å². The van der Waals surface area contributed by atoms with Crippen LogP contribution in [0.1, 0.15) is 18.5 Å². The molecule has 0 amide bonds. The minimum atomic E-state index is -0.373. The predicted octanol–water partition coefficient (Wildman–Crippen LogP) is 2.67. The number of rotatable bonds is 8. The lowest BCUT2D eigenvalue weighted by atomic mass is 10.0. The third-order valence-corrected chi connectivity index (χ3v) is 5.67. The van der Waals surface area contributed by atoms with Crippen molar-refractivity contribution < 1.29 is 9.66 Å². The number of aromatic nitrogens is 2. The van der Waals surface area contributed by atoms with Gasteiger partial charge in [0, 0.05) is 62.5 Å². The number of allylic oxidation sites excluding steroid dienone is 1. The Morgan fingerprint density at radius 3 is 2.70 bits per heavy atom. The maximum absolute atomic E-state index is 11.9. The number of nitrogens with zero attached hydrogens (tertiary/aromatic N) is 6. The van der Waals surface area contributed by atoms with Crippen molar-refractivity contribution in [2.45, 2.75) is 18.9 Å². The van der Waals surface area contributed by atoms with Gasteiger partial charge in [0.05, 0.1) is 23.4 Å². The van der Waals surface area contributed by atoms with Gasteiger partial charge in [-0.15, -0.1) is 0 Å². The zero-order valence-corrected chi connectivity index (χ0v) is 19.4. The van der Waals surface area contributed by atoms with Crippen LogP contribution < -0.4 is 20.7 Å². The van der Waals surface area contributed by atoms with Crippen LogP contribution in [0, 0.1) is 10.1 Å². The van der Waals surface area contributed by atoms with E-state index in [1.54, 1.807) is 31.6 Å². The number of anilines is 3. The van der Waals surface area contributed by atoms with Gasteiger partial charge in [0.15, 0.2) is 0 Å². The standard InChI is InChI=1S/C22H30N8O3/c1-24-14-15(13-23)17-5-8-25-22(26-17)27-18-11-20(30(31)32)19(12-21(18)33-4)29-9-6-16(7-10-29)28(2)3/h5,8,11-14,16H,6-7,9-10,23H2,1-4H3,(H,25,26,27). The molecule has 0 aliphatic carbocycles. The molecule has 1 aliphatic rings. The molecule has 0 spiro atoms. The highest BCUT2D eigenvalue weighted by Gasteiger charge is 2.28. The number of hydrogen-bond acceptors (Lipinski definition) is 10. The van der Waals surface area contributed by atoms with E-state index < -0.39 is 0 Å². The summed E-state index contributed by atoms with van der Waals surface area (Å²) in [6, 6.07) is 5.34. The zero-order valence-electron chi connectivity index (χ0n) is 19.4. The molecule has 0 radical (unpaired) electrons. The summed E-state index contributed by atoms with van der Waals surface area (Å²) in [5, 5.41) is 15.0. The number of benzene rings is 1. The fourth-order valence-corrected chi connectivity index (χ4v) is 3.88. The lowest BCUT2D eigenvalue weighted by Crippen LogP contribution is -2.42. The zero-order chi connectivity index (χ0) is 24.0. The van der Waals surface area contributed by atoms with Crippen molar-refractivity contribution in [3.63, 3.8) is 0 Å². The molecular weight excluding hydrogens is 424 g/mol. The topological polar surface area (TPSA) is 135 Å². The summed E-state index contributed by atoms with van der Waals surface area (Å²) in [4.78, 5) is 28.4. The monoisotopic (exact) mass is 454 g/mol. The number of aliphatic imine (C=N–C) groups is 1. The van der Waals surface area contributed by atoms with Crippen molar-refractivity contribution in [3.05, 3.63) is 46.4 Å². The first-order valence-electron chi connectivity index (χ1n) is 10.6. The Kier molecular flexibility index (Phi) is 7.78. The largest absolute Gasteiger partial charge is 0.494 e. The SMILES string of the molecule is CN=CC(=CN)c1ccnc(Nc2cc([N+](=O)[O-])c(N3CCC(N(C)C)CC3)cc2OC)n1. The number of ether oxygens (including phenoxy) is 1.